The van der Waals surface area contributed by atoms with Gasteiger partial charge in [0.15, 0.2) is 0 Å². The number of halogens is 2. The molecule has 1 amide bonds. The number of carbonyl (C=O) groups is 1. The summed E-state index contributed by atoms with van der Waals surface area (Å²) in [6, 6.07) is 7.46. The van der Waals surface area contributed by atoms with E-state index < -0.39 is 11.9 Å². The number of anilines is 3. The summed E-state index contributed by atoms with van der Waals surface area (Å²) in [5.41, 5.74) is 7.05. The number of benzene rings is 2. The van der Waals surface area contributed by atoms with Gasteiger partial charge in [-0.05, 0) is 24.3 Å². The summed E-state index contributed by atoms with van der Waals surface area (Å²) in [5, 5.41) is 14.5. The Morgan fingerprint density at radius 2 is 2.11 bits per heavy atom. The average Bonchev–Trinajstić information content (AvgIpc) is 2.61. The maximum atomic E-state index is 14.0. The Balaban J connectivity index is 1.85. The molecule has 140 valence electrons. The minimum absolute atomic E-state index is 0.105. The summed E-state index contributed by atoms with van der Waals surface area (Å²) in [4.78, 5) is 18.7. The standard InChI is InChI=1S/C17H15ClFN5O3/c18-9-1-2-13(11(19)5-9)24-16-10-6-12(20)15(7-14(10)22-8-23-16)27-4-3-21-17(25)26/h1-2,5-8,21H,3-4,20H2,(H,25,26)(H,22,23,24). The highest BCUT2D eigenvalue weighted by molar-refractivity contribution is 6.30. The number of nitrogens with two attached hydrogens (primary N) is 1. The topological polar surface area (TPSA) is 122 Å². The second kappa shape index (κ2) is 7.92. The van der Waals surface area contributed by atoms with Crippen LogP contribution in [0.15, 0.2) is 36.7 Å². The van der Waals surface area contributed by atoms with Crippen molar-refractivity contribution >= 4 is 45.8 Å². The smallest absolute Gasteiger partial charge is 0.404 e. The number of fused-ring (bicyclic) bond motifs is 1. The van der Waals surface area contributed by atoms with Crippen LogP contribution in [0.3, 0.4) is 0 Å². The number of ether oxygens (including phenoxy) is 1. The lowest BCUT2D eigenvalue weighted by Crippen LogP contribution is -2.26. The minimum atomic E-state index is -1.14. The second-order valence-electron chi connectivity index (χ2n) is 5.46. The van der Waals surface area contributed by atoms with Gasteiger partial charge in [0, 0.05) is 16.5 Å². The molecule has 3 rings (SSSR count). The van der Waals surface area contributed by atoms with Crippen LogP contribution >= 0.6 is 11.6 Å². The zero-order valence-corrected chi connectivity index (χ0v) is 14.6. The summed E-state index contributed by atoms with van der Waals surface area (Å²) in [7, 11) is 0. The zero-order chi connectivity index (χ0) is 19.4. The first-order chi connectivity index (χ1) is 12.9. The van der Waals surface area contributed by atoms with Crippen LogP contribution < -0.4 is 21.1 Å². The molecule has 27 heavy (non-hydrogen) atoms. The van der Waals surface area contributed by atoms with Gasteiger partial charge >= 0.3 is 6.09 Å². The van der Waals surface area contributed by atoms with Gasteiger partial charge in [0.1, 0.15) is 30.3 Å². The molecular formula is C17H15ClFN5O3. The Labute approximate surface area is 158 Å². The minimum Gasteiger partial charge on any atom is -0.490 e. The molecule has 0 saturated heterocycles. The van der Waals surface area contributed by atoms with Crippen LogP contribution in [0, 0.1) is 5.82 Å². The van der Waals surface area contributed by atoms with Crippen molar-refractivity contribution in [1.29, 1.82) is 0 Å². The molecule has 5 N–H and O–H groups in total. The number of aromatic nitrogens is 2. The molecule has 0 aliphatic carbocycles. The van der Waals surface area contributed by atoms with E-state index >= 15 is 0 Å². The Morgan fingerprint density at radius 3 is 2.85 bits per heavy atom. The number of nitrogens with one attached hydrogen (secondary N) is 2. The number of rotatable bonds is 6. The van der Waals surface area contributed by atoms with Crippen LogP contribution in [-0.4, -0.2) is 34.3 Å². The molecule has 0 saturated carbocycles. The van der Waals surface area contributed by atoms with Gasteiger partial charge in [-0.25, -0.2) is 19.2 Å². The van der Waals surface area contributed by atoms with Gasteiger partial charge in [-0.3, -0.25) is 0 Å². The largest absolute Gasteiger partial charge is 0.490 e. The SMILES string of the molecule is Nc1cc2c(Nc3ccc(Cl)cc3F)ncnc2cc1OCCNC(=O)O. The van der Waals surface area contributed by atoms with Crippen molar-refractivity contribution in [2.24, 2.45) is 0 Å². The van der Waals surface area contributed by atoms with E-state index in [1.165, 1.54) is 18.5 Å². The number of nitrogens with zero attached hydrogens (tertiary/aromatic N) is 2. The molecule has 0 aliphatic rings. The molecule has 0 bridgehead atoms. The predicted molar refractivity (Wildman–Crippen MR) is 100 cm³/mol. The number of hydrogen-bond acceptors (Lipinski definition) is 6. The average molecular weight is 392 g/mol. The number of amides is 1. The summed E-state index contributed by atoms with van der Waals surface area (Å²) < 4.78 is 19.5. The van der Waals surface area contributed by atoms with E-state index in [1.807, 2.05) is 0 Å². The Morgan fingerprint density at radius 1 is 1.30 bits per heavy atom. The summed E-state index contributed by atoms with van der Waals surface area (Å²) in [6.45, 7) is 0.216. The van der Waals surface area contributed by atoms with Crippen LogP contribution in [0.25, 0.3) is 10.9 Å². The van der Waals surface area contributed by atoms with Gasteiger partial charge in [-0.1, -0.05) is 11.6 Å². The van der Waals surface area contributed by atoms with Gasteiger partial charge in [0.2, 0.25) is 0 Å². The maximum absolute atomic E-state index is 14.0. The Kier molecular flexibility index (Phi) is 5.41. The fourth-order valence-corrected chi connectivity index (χ4v) is 2.52. The first-order valence-corrected chi connectivity index (χ1v) is 8.18. The van der Waals surface area contributed by atoms with E-state index in [0.29, 0.717) is 28.2 Å². The van der Waals surface area contributed by atoms with Crippen molar-refractivity contribution in [2.45, 2.75) is 0 Å². The summed E-state index contributed by atoms with van der Waals surface area (Å²) in [6.07, 6.45) is 0.188. The van der Waals surface area contributed by atoms with Crippen LogP contribution in [-0.2, 0) is 0 Å². The van der Waals surface area contributed by atoms with E-state index in [1.54, 1.807) is 18.2 Å². The van der Waals surface area contributed by atoms with Crippen LogP contribution in [0.4, 0.5) is 26.4 Å². The lowest BCUT2D eigenvalue weighted by molar-refractivity contribution is 0.191. The third-order valence-electron chi connectivity index (χ3n) is 3.59. The quantitative estimate of drug-likeness (QED) is 0.375. The second-order valence-corrected chi connectivity index (χ2v) is 5.90. The fraction of sp³-hybridized carbons (Fsp3) is 0.118. The van der Waals surface area contributed by atoms with Crippen LogP contribution in [0.2, 0.25) is 5.02 Å². The first-order valence-electron chi connectivity index (χ1n) is 7.80. The zero-order valence-electron chi connectivity index (χ0n) is 13.9. The molecule has 8 nitrogen and oxygen atoms in total. The predicted octanol–water partition coefficient (Wildman–Crippen LogP) is 3.39. The highest BCUT2D eigenvalue weighted by atomic mass is 35.5. The van der Waals surface area contributed by atoms with Gasteiger partial charge in [0.25, 0.3) is 0 Å². The van der Waals surface area contributed by atoms with Gasteiger partial charge < -0.3 is 26.2 Å². The molecule has 0 unspecified atom stereocenters. The molecular weight excluding hydrogens is 377 g/mol. The monoisotopic (exact) mass is 391 g/mol. The lowest BCUT2D eigenvalue weighted by Gasteiger charge is -2.13. The molecule has 1 heterocycles. The van der Waals surface area contributed by atoms with E-state index in [9.17, 15) is 9.18 Å². The van der Waals surface area contributed by atoms with Crippen molar-refractivity contribution in [3.8, 4) is 5.75 Å². The normalized spacial score (nSPS) is 10.6. The Bertz CT molecular complexity index is 1000. The summed E-state index contributed by atoms with van der Waals surface area (Å²) >= 11 is 5.76. The maximum Gasteiger partial charge on any atom is 0.404 e. The fourth-order valence-electron chi connectivity index (χ4n) is 2.36. The molecule has 10 heteroatoms. The highest BCUT2D eigenvalue weighted by Crippen LogP contribution is 2.32. The van der Waals surface area contributed by atoms with Gasteiger partial charge in [-0.15, -0.1) is 0 Å². The molecule has 2 aromatic carbocycles. The Hall–Kier alpha value is -3.33. The van der Waals surface area contributed by atoms with Crippen LogP contribution in [0.5, 0.6) is 5.75 Å². The lowest BCUT2D eigenvalue weighted by atomic mass is 10.2. The molecule has 1 aromatic heterocycles. The number of carboxylic acid groups (broad SMARTS) is 1. The molecule has 0 radical (unpaired) electrons. The molecule has 0 spiro atoms. The summed E-state index contributed by atoms with van der Waals surface area (Å²) in [5.74, 6) is 0.206. The number of hydrogen-bond donors (Lipinski definition) is 4. The van der Waals surface area contributed by atoms with E-state index in [4.69, 9.17) is 27.2 Å². The van der Waals surface area contributed by atoms with Crippen LogP contribution in [0.1, 0.15) is 0 Å². The third kappa shape index (κ3) is 4.45. The molecule has 0 atom stereocenters. The first kappa shape index (κ1) is 18.5. The van der Waals surface area contributed by atoms with Gasteiger partial charge in [0.05, 0.1) is 23.4 Å². The molecule has 3 aromatic rings. The van der Waals surface area contributed by atoms with Crippen molar-refractivity contribution in [2.75, 3.05) is 24.2 Å². The molecule has 0 aliphatic heterocycles. The van der Waals surface area contributed by atoms with Crippen molar-refractivity contribution in [1.82, 2.24) is 15.3 Å². The van der Waals surface area contributed by atoms with Crippen molar-refractivity contribution < 1.29 is 19.0 Å². The van der Waals surface area contributed by atoms with E-state index in [-0.39, 0.29) is 23.9 Å². The highest BCUT2D eigenvalue weighted by Gasteiger charge is 2.11. The van der Waals surface area contributed by atoms with Gasteiger partial charge in [-0.2, -0.15) is 0 Å². The number of nitrogen functional groups attached to an aromatic ring is 1. The molecule has 0 fully saturated rings. The third-order valence-corrected chi connectivity index (χ3v) is 3.82. The van der Waals surface area contributed by atoms with Crippen molar-refractivity contribution in [3.63, 3.8) is 0 Å². The van der Waals surface area contributed by atoms with Crippen molar-refractivity contribution in [3.05, 3.63) is 47.5 Å². The van der Waals surface area contributed by atoms with E-state index in [2.05, 4.69) is 20.6 Å². The van der Waals surface area contributed by atoms with E-state index in [0.717, 1.165) is 0 Å².